The minimum absolute atomic E-state index is 0.0933. The molecule has 1 aromatic carbocycles. The first-order valence-electron chi connectivity index (χ1n) is 4.69. The van der Waals surface area contributed by atoms with Crippen molar-refractivity contribution in [2.75, 3.05) is 0 Å². The molecule has 0 aliphatic rings. The lowest BCUT2D eigenvalue weighted by Gasteiger charge is -1.99. The number of nitrogens with zero attached hydrogens (tertiary/aromatic N) is 2. The number of rotatable bonds is 2. The van der Waals surface area contributed by atoms with E-state index in [0.29, 0.717) is 0 Å². The van der Waals surface area contributed by atoms with Crippen LogP contribution >= 0.6 is 0 Å². The molecule has 2 rings (SSSR count). The number of fused-ring (bicyclic) bond motifs is 1. The minimum atomic E-state index is 0.0933. The van der Waals surface area contributed by atoms with Gasteiger partial charge in [0.15, 0.2) is 5.78 Å². The van der Waals surface area contributed by atoms with Gasteiger partial charge in [0, 0.05) is 17.5 Å². The number of aromatic nitrogens is 2. The van der Waals surface area contributed by atoms with Crippen LogP contribution in [0, 0.1) is 0 Å². The Kier molecular flexibility index (Phi) is 2.08. The van der Waals surface area contributed by atoms with Crippen molar-refractivity contribution in [3.8, 4) is 0 Å². The van der Waals surface area contributed by atoms with E-state index in [4.69, 9.17) is 0 Å². The third-order valence-corrected chi connectivity index (χ3v) is 2.35. The van der Waals surface area contributed by atoms with E-state index >= 15 is 0 Å². The highest BCUT2D eigenvalue weighted by Crippen LogP contribution is 2.15. The summed E-state index contributed by atoms with van der Waals surface area (Å²) >= 11 is 0. The normalized spacial score (nSPS) is 10.7. The molecule has 0 unspecified atom stereocenters. The zero-order valence-corrected chi connectivity index (χ0v) is 8.32. The average Bonchev–Trinajstić information content (AvgIpc) is 2.59. The van der Waals surface area contributed by atoms with Gasteiger partial charge in [-0.3, -0.25) is 9.48 Å². The summed E-state index contributed by atoms with van der Waals surface area (Å²) in [5.74, 6) is 0.0933. The van der Waals surface area contributed by atoms with Gasteiger partial charge in [-0.2, -0.15) is 5.10 Å². The molecule has 0 saturated carbocycles. The Hall–Kier alpha value is -1.64. The molecule has 0 bridgehead atoms. The summed E-state index contributed by atoms with van der Waals surface area (Å²) in [6, 6.07) is 5.67. The van der Waals surface area contributed by atoms with Gasteiger partial charge in [-0.05, 0) is 19.9 Å². The van der Waals surface area contributed by atoms with Crippen LogP contribution in [0.3, 0.4) is 0 Å². The van der Waals surface area contributed by atoms with E-state index in [1.165, 1.54) is 0 Å². The van der Waals surface area contributed by atoms with Gasteiger partial charge in [0.25, 0.3) is 0 Å². The monoisotopic (exact) mass is 188 g/mol. The second-order valence-corrected chi connectivity index (χ2v) is 3.29. The van der Waals surface area contributed by atoms with Crippen LogP contribution in [0.5, 0.6) is 0 Å². The summed E-state index contributed by atoms with van der Waals surface area (Å²) in [6.45, 7) is 4.44. The molecule has 3 nitrogen and oxygen atoms in total. The number of aryl methyl sites for hydroxylation is 1. The Bertz CT molecular complexity index is 485. The van der Waals surface area contributed by atoms with Gasteiger partial charge < -0.3 is 0 Å². The Labute approximate surface area is 82.3 Å². The van der Waals surface area contributed by atoms with Gasteiger partial charge in [-0.25, -0.2) is 0 Å². The number of carbonyl (C=O) groups excluding carboxylic acids is 1. The number of ketones is 1. The van der Waals surface area contributed by atoms with Gasteiger partial charge in [0.05, 0.1) is 11.7 Å². The van der Waals surface area contributed by atoms with Gasteiger partial charge in [0.2, 0.25) is 0 Å². The van der Waals surface area contributed by atoms with E-state index in [0.717, 1.165) is 23.0 Å². The molecule has 0 amide bonds. The fourth-order valence-corrected chi connectivity index (χ4v) is 1.54. The molecule has 3 heteroatoms. The Morgan fingerprint density at radius 1 is 1.50 bits per heavy atom. The zero-order chi connectivity index (χ0) is 10.1. The summed E-state index contributed by atoms with van der Waals surface area (Å²) in [4.78, 5) is 11.2. The highest BCUT2D eigenvalue weighted by Gasteiger charge is 2.04. The predicted molar refractivity (Wildman–Crippen MR) is 55.4 cm³/mol. The first-order valence-corrected chi connectivity index (χ1v) is 4.69. The highest BCUT2D eigenvalue weighted by atomic mass is 16.1. The molecule has 72 valence electrons. The first-order chi connectivity index (χ1) is 6.72. The molecule has 0 N–H and O–H groups in total. The average molecular weight is 188 g/mol. The summed E-state index contributed by atoms with van der Waals surface area (Å²) in [7, 11) is 0. The van der Waals surface area contributed by atoms with Crippen LogP contribution in [-0.2, 0) is 6.54 Å². The zero-order valence-electron chi connectivity index (χ0n) is 8.32. The van der Waals surface area contributed by atoms with E-state index in [1.54, 1.807) is 6.92 Å². The van der Waals surface area contributed by atoms with Crippen molar-refractivity contribution in [2.45, 2.75) is 20.4 Å². The van der Waals surface area contributed by atoms with E-state index in [1.807, 2.05) is 36.0 Å². The number of Topliss-reactive ketones (excluding diaryl/α,β-unsaturated/α-hetero) is 1. The molecule has 0 fully saturated rings. The number of carbonyl (C=O) groups is 1. The molecular weight excluding hydrogens is 176 g/mol. The molecule has 0 saturated heterocycles. The second-order valence-electron chi connectivity index (χ2n) is 3.29. The fraction of sp³-hybridized carbons (Fsp3) is 0.273. The Morgan fingerprint density at radius 3 is 2.93 bits per heavy atom. The summed E-state index contributed by atoms with van der Waals surface area (Å²) in [5, 5.41) is 5.30. The molecule has 0 aliphatic carbocycles. The number of hydrogen-bond donors (Lipinski definition) is 0. The van der Waals surface area contributed by atoms with Crippen molar-refractivity contribution in [3.05, 3.63) is 30.0 Å². The molecule has 0 atom stereocenters. The second kappa shape index (κ2) is 3.25. The topological polar surface area (TPSA) is 34.9 Å². The van der Waals surface area contributed by atoms with Crippen LogP contribution < -0.4 is 0 Å². The summed E-state index contributed by atoms with van der Waals surface area (Å²) in [6.07, 6.45) is 1.82. The molecule has 1 heterocycles. The van der Waals surface area contributed by atoms with Crippen LogP contribution in [0.4, 0.5) is 0 Å². The van der Waals surface area contributed by atoms with Crippen molar-refractivity contribution in [2.24, 2.45) is 0 Å². The molecule has 1 aromatic heterocycles. The first kappa shape index (κ1) is 8.94. The van der Waals surface area contributed by atoms with E-state index in [9.17, 15) is 4.79 Å². The summed E-state index contributed by atoms with van der Waals surface area (Å²) in [5.41, 5.74) is 1.77. The molecule has 0 radical (unpaired) electrons. The van der Waals surface area contributed by atoms with E-state index < -0.39 is 0 Å². The standard InChI is InChI=1S/C11H12N2O/c1-3-13-11-6-9(8(2)14)4-5-10(11)7-12-13/h4-7H,3H2,1-2H3. The largest absolute Gasteiger partial charge is 0.295 e. The number of benzene rings is 1. The van der Waals surface area contributed by atoms with Gasteiger partial charge in [-0.15, -0.1) is 0 Å². The molecular formula is C11H12N2O. The van der Waals surface area contributed by atoms with Crippen molar-refractivity contribution in [1.82, 2.24) is 9.78 Å². The molecule has 2 aromatic rings. The Balaban J connectivity index is 2.67. The molecule has 14 heavy (non-hydrogen) atoms. The van der Waals surface area contributed by atoms with Crippen LogP contribution in [0.1, 0.15) is 24.2 Å². The van der Waals surface area contributed by atoms with Gasteiger partial charge >= 0.3 is 0 Å². The van der Waals surface area contributed by atoms with Crippen LogP contribution in [0.25, 0.3) is 10.9 Å². The van der Waals surface area contributed by atoms with E-state index in [-0.39, 0.29) is 5.78 Å². The lowest BCUT2D eigenvalue weighted by molar-refractivity contribution is 0.101. The maximum Gasteiger partial charge on any atom is 0.159 e. The quantitative estimate of drug-likeness (QED) is 0.677. The highest BCUT2D eigenvalue weighted by molar-refractivity contribution is 5.97. The SMILES string of the molecule is CCn1ncc2ccc(C(C)=O)cc21. The lowest BCUT2D eigenvalue weighted by atomic mass is 10.1. The van der Waals surface area contributed by atoms with E-state index in [2.05, 4.69) is 5.10 Å². The van der Waals surface area contributed by atoms with Crippen LogP contribution in [0.2, 0.25) is 0 Å². The van der Waals surface area contributed by atoms with Crippen molar-refractivity contribution in [1.29, 1.82) is 0 Å². The lowest BCUT2D eigenvalue weighted by Crippen LogP contribution is -1.97. The molecule has 0 aliphatic heterocycles. The van der Waals surface area contributed by atoms with Gasteiger partial charge in [0.1, 0.15) is 0 Å². The Morgan fingerprint density at radius 2 is 2.29 bits per heavy atom. The maximum absolute atomic E-state index is 11.2. The smallest absolute Gasteiger partial charge is 0.159 e. The van der Waals surface area contributed by atoms with Crippen LogP contribution in [-0.4, -0.2) is 15.6 Å². The third-order valence-electron chi connectivity index (χ3n) is 2.35. The molecule has 0 spiro atoms. The van der Waals surface area contributed by atoms with Crippen LogP contribution in [0.15, 0.2) is 24.4 Å². The van der Waals surface area contributed by atoms with Crippen molar-refractivity contribution in [3.63, 3.8) is 0 Å². The maximum atomic E-state index is 11.2. The van der Waals surface area contributed by atoms with Crippen molar-refractivity contribution >= 4 is 16.7 Å². The minimum Gasteiger partial charge on any atom is -0.295 e. The number of hydrogen-bond acceptors (Lipinski definition) is 2. The van der Waals surface area contributed by atoms with Crippen molar-refractivity contribution < 1.29 is 4.79 Å². The third kappa shape index (κ3) is 1.31. The predicted octanol–water partition coefficient (Wildman–Crippen LogP) is 2.26. The fourth-order valence-electron chi connectivity index (χ4n) is 1.54. The summed E-state index contributed by atoms with van der Waals surface area (Å²) < 4.78 is 1.89. The van der Waals surface area contributed by atoms with Gasteiger partial charge in [-0.1, -0.05) is 12.1 Å².